The molecule has 0 amide bonds. The van der Waals surface area contributed by atoms with Crippen LogP contribution in [-0.4, -0.2) is 9.97 Å². The minimum atomic E-state index is 0.394. The third-order valence-corrected chi connectivity index (χ3v) is 4.39. The Morgan fingerprint density at radius 2 is 2.10 bits per heavy atom. The van der Waals surface area contributed by atoms with Gasteiger partial charge in [-0.05, 0) is 61.9 Å². The number of aromatic nitrogens is 1. The Morgan fingerprint density at radius 1 is 1.29 bits per heavy atom. The van der Waals surface area contributed by atoms with E-state index in [1.165, 1.54) is 22.4 Å². The van der Waals surface area contributed by atoms with E-state index in [9.17, 15) is 0 Å². The summed E-state index contributed by atoms with van der Waals surface area (Å²) in [5, 5.41) is 3.41. The van der Waals surface area contributed by atoms with Gasteiger partial charge in [0, 0.05) is 11.4 Å². The van der Waals surface area contributed by atoms with Crippen LogP contribution in [0, 0.1) is 13.8 Å². The van der Waals surface area contributed by atoms with Gasteiger partial charge in [0.05, 0.1) is 5.56 Å². The molecule has 3 nitrogen and oxygen atoms in total. The zero-order valence-corrected chi connectivity index (χ0v) is 13.2. The molecular weight excluding hydrogens is 278 g/mol. The summed E-state index contributed by atoms with van der Waals surface area (Å²) in [6, 6.07) is 8.30. The van der Waals surface area contributed by atoms with Gasteiger partial charge in [-0.15, -0.1) is 0 Å². The van der Waals surface area contributed by atoms with Gasteiger partial charge in [0.25, 0.3) is 0 Å². The highest BCUT2D eigenvalue weighted by molar-refractivity contribution is 7.80. The minimum absolute atomic E-state index is 0.394. The van der Waals surface area contributed by atoms with E-state index in [0.29, 0.717) is 4.99 Å². The van der Waals surface area contributed by atoms with Gasteiger partial charge in [-0.25, -0.2) is 4.98 Å². The first-order valence-electron chi connectivity index (χ1n) is 7.22. The Bertz CT molecular complexity index is 722. The number of hydrogen-bond acceptors (Lipinski definition) is 3. The fourth-order valence-corrected chi connectivity index (χ4v) is 2.92. The van der Waals surface area contributed by atoms with E-state index in [-0.39, 0.29) is 0 Å². The van der Waals surface area contributed by atoms with Crippen molar-refractivity contribution in [1.82, 2.24) is 4.98 Å². The van der Waals surface area contributed by atoms with Crippen LogP contribution < -0.4 is 11.1 Å². The van der Waals surface area contributed by atoms with E-state index in [0.717, 1.165) is 36.3 Å². The Morgan fingerprint density at radius 3 is 2.86 bits per heavy atom. The number of anilines is 2. The number of rotatable bonds is 3. The van der Waals surface area contributed by atoms with Crippen molar-refractivity contribution in [3.05, 3.63) is 52.2 Å². The number of pyridine rings is 1. The molecule has 21 heavy (non-hydrogen) atoms. The van der Waals surface area contributed by atoms with E-state index >= 15 is 0 Å². The van der Waals surface area contributed by atoms with Crippen LogP contribution in [0.3, 0.4) is 0 Å². The normalized spacial score (nSPS) is 13.0. The van der Waals surface area contributed by atoms with Gasteiger partial charge in [0.2, 0.25) is 0 Å². The number of hydrogen-bond donors (Lipinski definition) is 2. The summed E-state index contributed by atoms with van der Waals surface area (Å²) in [6.07, 6.45) is 3.27. The molecule has 1 aliphatic rings. The number of thiocarbonyl (C=S) groups is 1. The minimum Gasteiger partial charge on any atom is -0.389 e. The van der Waals surface area contributed by atoms with E-state index < -0.39 is 0 Å². The van der Waals surface area contributed by atoms with Crippen LogP contribution in [0.15, 0.2) is 24.3 Å². The summed E-state index contributed by atoms with van der Waals surface area (Å²) in [5.41, 5.74) is 12.7. The van der Waals surface area contributed by atoms with Gasteiger partial charge < -0.3 is 11.1 Å². The molecule has 3 N–H and O–H groups in total. The second-order valence-corrected chi connectivity index (χ2v) is 6.02. The summed E-state index contributed by atoms with van der Waals surface area (Å²) >= 11 is 5.19. The van der Waals surface area contributed by atoms with Crippen molar-refractivity contribution in [3.63, 3.8) is 0 Å². The van der Waals surface area contributed by atoms with Crippen molar-refractivity contribution in [2.45, 2.75) is 33.1 Å². The van der Waals surface area contributed by atoms with Crippen LogP contribution in [0.25, 0.3) is 0 Å². The second-order valence-electron chi connectivity index (χ2n) is 5.58. The molecule has 0 spiro atoms. The van der Waals surface area contributed by atoms with Crippen molar-refractivity contribution in [2.24, 2.45) is 5.73 Å². The molecular formula is C17H19N3S. The number of benzene rings is 1. The molecule has 0 radical (unpaired) electrons. The average Bonchev–Trinajstić information content (AvgIpc) is 2.90. The number of nitrogens with one attached hydrogen (secondary N) is 1. The lowest BCUT2D eigenvalue weighted by atomic mass is 10.1. The van der Waals surface area contributed by atoms with Crippen LogP contribution in [0.4, 0.5) is 11.5 Å². The maximum atomic E-state index is 5.88. The molecule has 0 fully saturated rings. The summed E-state index contributed by atoms with van der Waals surface area (Å²) in [7, 11) is 0. The van der Waals surface area contributed by atoms with E-state index in [4.69, 9.17) is 22.9 Å². The number of fused-ring (bicyclic) bond motifs is 1. The zero-order chi connectivity index (χ0) is 15.0. The van der Waals surface area contributed by atoms with Gasteiger partial charge in [-0.1, -0.05) is 24.4 Å². The van der Waals surface area contributed by atoms with Crippen molar-refractivity contribution >= 4 is 28.7 Å². The first kappa shape index (κ1) is 14.0. The fourth-order valence-electron chi connectivity index (χ4n) is 2.77. The maximum Gasteiger partial charge on any atom is 0.140 e. The number of nitrogens with zero attached hydrogens (tertiary/aromatic N) is 1. The highest BCUT2D eigenvalue weighted by atomic mass is 32.1. The molecule has 0 saturated heterocycles. The molecule has 0 atom stereocenters. The molecule has 4 heteroatoms. The molecule has 0 aliphatic heterocycles. The fraction of sp³-hybridized carbons (Fsp3) is 0.294. The molecule has 108 valence electrons. The van der Waals surface area contributed by atoms with Crippen molar-refractivity contribution in [2.75, 3.05) is 5.32 Å². The van der Waals surface area contributed by atoms with Crippen LogP contribution in [-0.2, 0) is 12.8 Å². The molecule has 0 bridgehead atoms. The molecule has 1 heterocycles. The Balaban J connectivity index is 2.05. The smallest absolute Gasteiger partial charge is 0.140 e. The molecule has 1 aromatic heterocycles. The number of aryl methyl sites for hydroxylation is 3. The van der Waals surface area contributed by atoms with Crippen LogP contribution in [0.2, 0.25) is 0 Å². The highest BCUT2D eigenvalue weighted by Gasteiger charge is 2.18. The highest BCUT2D eigenvalue weighted by Crippen LogP contribution is 2.28. The SMILES string of the molecule is Cc1cccc(Nc2nc3c(cc2C(N)=S)CCC3)c1C. The van der Waals surface area contributed by atoms with Crippen molar-refractivity contribution < 1.29 is 0 Å². The van der Waals surface area contributed by atoms with Crippen LogP contribution in [0.5, 0.6) is 0 Å². The summed E-state index contributed by atoms with van der Waals surface area (Å²) < 4.78 is 0. The van der Waals surface area contributed by atoms with E-state index in [1.807, 2.05) is 6.07 Å². The van der Waals surface area contributed by atoms with Crippen molar-refractivity contribution in [1.29, 1.82) is 0 Å². The number of nitrogens with two attached hydrogens (primary N) is 1. The quantitative estimate of drug-likeness (QED) is 0.851. The van der Waals surface area contributed by atoms with Crippen LogP contribution >= 0.6 is 12.2 Å². The third-order valence-electron chi connectivity index (χ3n) is 4.17. The topological polar surface area (TPSA) is 50.9 Å². The molecule has 0 saturated carbocycles. The Labute approximate surface area is 130 Å². The maximum absolute atomic E-state index is 5.88. The van der Waals surface area contributed by atoms with Gasteiger partial charge in [-0.2, -0.15) is 0 Å². The third kappa shape index (κ3) is 2.63. The van der Waals surface area contributed by atoms with Gasteiger partial charge in [0.15, 0.2) is 0 Å². The van der Waals surface area contributed by atoms with Crippen molar-refractivity contribution in [3.8, 4) is 0 Å². The molecule has 1 aliphatic carbocycles. The average molecular weight is 297 g/mol. The second kappa shape index (κ2) is 5.45. The lowest BCUT2D eigenvalue weighted by molar-refractivity contribution is 0.900. The predicted octanol–water partition coefficient (Wildman–Crippen LogP) is 3.56. The Hall–Kier alpha value is -1.94. The summed E-state index contributed by atoms with van der Waals surface area (Å²) in [5.74, 6) is 0.775. The Kier molecular flexibility index (Phi) is 3.64. The monoisotopic (exact) mass is 297 g/mol. The predicted molar refractivity (Wildman–Crippen MR) is 91.3 cm³/mol. The lowest BCUT2D eigenvalue weighted by Gasteiger charge is -2.15. The van der Waals surface area contributed by atoms with E-state index in [1.54, 1.807) is 0 Å². The largest absolute Gasteiger partial charge is 0.389 e. The molecule has 0 unspecified atom stereocenters. The van der Waals surface area contributed by atoms with Gasteiger partial charge >= 0.3 is 0 Å². The standard InChI is InChI=1S/C17H19N3S/c1-10-5-3-7-14(11(10)2)19-17-13(16(18)21)9-12-6-4-8-15(12)20-17/h3,5,7,9H,4,6,8H2,1-2H3,(H2,18,21)(H,19,20). The first-order valence-corrected chi connectivity index (χ1v) is 7.63. The van der Waals surface area contributed by atoms with E-state index in [2.05, 4.69) is 37.4 Å². The zero-order valence-electron chi connectivity index (χ0n) is 12.4. The molecule has 2 aromatic rings. The molecule has 1 aromatic carbocycles. The first-order chi connectivity index (χ1) is 10.1. The molecule has 3 rings (SSSR count). The summed E-state index contributed by atoms with van der Waals surface area (Å²) in [4.78, 5) is 5.16. The summed E-state index contributed by atoms with van der Waals surface area (Å²) in [6.45, 7) is 4.20. The van der Waals surface area contributed by atoms with Gasteiger partial charge in [0.1, 0.15) is 10.8 Å². The van der Waals surface area contributed by atoms with Gasteiger partial charge in [-0.3, -0.25) is 0 Å². The van der Waals surface area contributed by atoms with Crippen LogP contribution in [0.1, 0.15) is 34.4 Å². The lowest BCUT2D eigenvalue weighted by Crippen LogP contribution is -2.14.